The average Bonchev–Trinajstić information content (AvgIpc) is 2.71. The molecule has 0 atom stereocenters. The molecule has 1 N–H and O–H groups in total. The zero-order valence-corrected chi connectivity index (χ0v) is 16.9. The lowest BCUT2D eigenvalue weighted by Crippen LogP contribution is -2.54. The molecule has 27 heavy (non-hydrogen) atoms. The molecule has 0 aromatic heterocycles. The van der Waals surface area contributed by atoms with Crippen LogP contribution in [0.1, 0.15) is 19.8 Å². The van der Waals surface area contributed by atoms with E-state index in [9.17, 15) is 4.79 Å². The van der Waals surface area contributed by atoms with Gasteiger partial charge in [0.2, 0.25) is 0 Å². The third-order valence-electron chi connectivity index (χ3n) is 4.72. The SMILES string of the molecule is CCOC(=O)N1CCN(C(=NC)NCCCCN(C)c2ccccc2)CC1. The summed E-state index contributed by atoms with van der Waals surface area (Å²) in [6.07, 6.45) is 1.98. The van der Waals surface area contributed by atoms with Gasteiger partial charge in [-0.2, -0.15) is 0 Å². The predicted molar refractivity (Wildman–Crippen MR) is 110 cm³/mol. The highest BCUT2D eigenvalue weighted by Gasteiger charge is 2.23. The van der Waals surface area contributed by atoms with E-state index in [2.05, 4.69) is 51.4 Å². The zero-order chi connectivity index (χ0) is 19.5. The van der Waals surface area contributed by atoms with Gasteiger partial charge in [0.05, 0.1) is 6.61 Å². The lowest BCUT2D eigenvalue weighted by Gasteiger charge is -2.35. The number of amides is 1. The van der Waals surface area contributed by atoms with E-state index in [-0.39, 0.29) is 6.09 Å². The number of anilines is 1. The van der Waals surface area contributed by atoms with Crippen LogP contribution in [-0.2, 0) is 4.74 Å². The van der Waals surface area contributed by atoms with E-state index in [0.29, 0.717) is 19.7 Å². The number of nitrogens with zero attached hydrogens (tertiary/aromatic N) is 4. The summed E-state index contributed by atoms with van der Waals surface area (Å²) in [5, 5.41) is 3.44. The largest absolute Gasteiger partial charge is 0.450 e. The van der Waals surface area contributed by atoms with Crippen molar-refractivity contribution in [3.05, 3.63) is 30.3 Å². The smallest absolute Gasteiger partial charge is 0.409 e. The Morgan fingerprint density at radius 3 is 2.44 bits per heavy atom. The average molecular weight is 376 g/mol. The maximum absolute atomic E-state index is 11.8. The molecule has 0 aliphatic carbocycles. The number of para-hydroxylation sites is 1. The summed E-state index contributed by atoms with van der Waals surface area (Å²) >= 11 is 0. The predicted octanol–water partition coefficient (Wildman–Crippen LogP) is 2.25. The zero-order valence-electron chi connectivity index (χ0n) is 16.9. The minimum Gasteiger partial charge on any atom is -0.450 e. The van der Waals surface area contributed by atoms with Crippen molar-refractivity contribution >= 4 is 17.7 Å². The highest BCUT2D eigenvalue weighted by Crippen LogP contribution is 2.11. The van der Waals surface area contributed by atoms with Crippen molar-refractivity contribution in [3.8, 4) is 0 Å². The Kier molecular flexibility index (Phi) is 8.74. The number of aliphatic imine (C=N–C) groups is 1. The summed E-state index contributed by atoms with van der Waals surface area (Å²) in [7, 11) is 3.94. The molecule has 1 amide bonds. The van der Waals surface area contributed by atoms with Gasteiger partial charge in [-0.25, -0.2) is 4.79 Å². The van der Waals surface area contributed by atoms with E-state index >= 15 is 0 Å². The monoisotopic (exact) mass is 375 g/mol. The van der Waals surface area contributed by atoms with Crippen LogP contribution in [0.2, 0.25) is 0 Å². The van der Waals surface area contributed by atoms with Crippen LogP contribution in [-0.4, -0.2) is 81.8 Å². The molecule has 1 heterocycles. The molecule has 7 heteroatoms. The van der Waals surface area contributed by atoms with Crippen molar-refractivity contribution in [1.82, 2.24) is 15.1 Å². The van der Waals surface area contributed by atoms with Crippen LogP contribution in [0.25, 0.3) is 0 Å². The maximum atomic E-state index is 11.8. The fourth-order valence-corrected chi connectivity index (χ4v) is 3.13. The van der Waals surface area contributed by atoms with Gasteiger partial charge in [0, 0.05) is 59.1 Å². The van der Waals surface area contributed by atoms with Crippen molar-refractivity contribution in [2.24, 2.45) is 4.99 Å². The van der Waals surface area contributed by atoms with E-state index < -0.39 is 0 Å². The molecular formula is C20H33N5O2. The van der Waals surface area contributed by atoms with Crippen LogP contribution < -0.4 is 10.2 Å². The van der Waals surface area contributed by atoms with Gasteiger partial charge in [0.15, 0.2) is 5.96 Å². The molecule has 1 aromatic rings. The van der Waals surface area contributed by atoms with Gasteiger partial charge in [-0.1, -0.05) is 18.2 Å². The van der Waals surface area contributed by atoms with Crippen molar-refractivity contribution in [3.63, 3.8) is 0 Å². The van der Waals surface area contributed by atoms with Crippen molar-refractivity contribution in [1.29, 1.82) is 0 Å². The summed E-state index contributed by atoms with van der Waals surface area (Å²) in [6.45, 7) is 7.06. The van der Waals surface area contributed by atoms with Gasteiger partial charge in [0.1, 0.15) is 0 Å². The molecular weight excluding hydrogens is 342 g/mol. The van der Waals surface area contributed by atoms with Crippen molar-refractivity contribution < 1.29 is 9.53 Å². The fourth-order valence-electron chi connectivity index (χ4n) is 3.13. The molecule has 1 saturated heterocycles. The molecule has 0 saturated carbocycles. The van der Waals surface area contributed by atoms with Crippen LogP contribution in [0.3, 0.4) is 0 Å². The Balaban J connectivity index is 1.64. The Bertz CT molecular complexity index is 585. The molecule has 1 aliphatic rings. The molecule has 1 aromatic carbocycles. The van der Waals surface area contributed by atoms with Crippen LogP contribution in [0, 0.1) is 0 Å². The second kappa shape index (κ2) is 11.3. The molecule has 150 valence electrons. The van der Waals surface area contributed by atoms with Crippen LogP contribution in [0.4, 0.5) is 10.5 Å². The summed E-state index contributed by atoms with van der Waals surface area (Å²) in [5.74, 6) is 0.912. The second-order valence-electron chi connectivity index (χ2n) is 6.61. The summed E-state index contributed by atoms with van der Waals surface area (Å²) in [4.78, 5) is 22.4. The second-order valence-corrected chi connectivity index (χ2v) is 6.61. The molecule has 7 nitrogen and oxygen atoms in total. The van der Waals surface area contributed by atoms with Crippen molar-refractivity contribution in [2.75, 3.05) is 64.9 Å². The number of piperazine rings is 1. The number of rotatable bonds is 7. The number of hydrogen-bond donors (Lipinski definition) is 1. The molecule has 0 unspecified atom stereocenters. The first kappa shape index (κ1) is 20.9. The van der Waals surface area contributed by atoms with Gasteiger partial charge < -0.3 is 24.8 Å². The first-order valence-electron chi connectivity index (χ1n) is 9.79. The molecule has 0 spiro atoms. The third kappa shape index (κ3) is 6.66. The Labute approximate surface area is 163 Å². The van der Waals surface area contributed by atoms with Gasteiger partial charge in [-0.3, -0.25) is 4.99 Å². The quantitative estimate of drug-likeness (QED) is 0.450. The molecule has 1 fully saturated rings. The molecule has 1 aliphatic heterocycles. The first-order valence-corrected chi connectivity index (χ1v) is 9.79. The van der Waals surface area contributed by atoms with E-state index in [4.69, 9.17) is 4.74 Å². The van der Waals surface area contributed by atoms with E-state index in [0.717, 1.165) is 45.0 Å². The highest BCUT2D eigenvalue weighted by atomic mass is 16.6. The molecule has 0 bridgehead atoms. The number of ether oxygens (including phenoxy) is 1. The van der Waals surface area contributed by atoms with Crippen LogP contribution in [0.5, 0.6) is 0 Å². The van der Waals surface area contributed by atoms with E-state index in [1.807, 2.05) is 20.0 Å². The fraction of sp³-hybridized carbons (Fsp3) is 0.600. The lowest BCUT2D eigenvalue weighted by atomic mass is 10.2. The number of unbranched alkanes of at least 4 members (excludes halogenated alkanes) is 1. The topological polar surface area (TPSA) is 60.4 Å². The standard InChI is InChI=1S/C20H33N5O2/c1-4-27-20(26)25-16-14-24(15-17-25)19(21-2)22-12-8-9-13-23(3)18-10-6-5-7-11-18/h5-7,10-11H,4,8-9,12-17H2,1-3H3,(H,21,22). The van der Waals surface area contributed by atoms with E-state index in [1.165, 1.54) is 5.69 Å². The van der Waals surface area contributed by atoms with Crippen LogP contribution >= 0.6 is 0 Å². The third-order valence-corrected chi connectivity index (χ3v) is 4.72. The lowest BCUT2D eigenvalue weighted by molar-refractivity contribution is 0.0914. The number of nitrogens with one attached hydrogen (secondary N) is 1. The number of benzene rings is 1. The summed E-state index contributed by atoms with van der Waals surface area (Å²) < 4.78 is 5.07. The Hall–Kier alpha value is -2.44. The molecule has 0 radical (unpaired) electrons. The Morgan fingerprint density at radius 1 is 1.15 bits per heavy atom. The van der Waals surface area contributed by atoms with Gasteiger partial charge in [-0.05, 0) is 31.9 Å². The van der Waals surface area contributed by atoms with Gasteiger partial charge in [-0.15, -0.1) is 0 Å². The van der Waals surface area contributed by atoms with Crippen LogP contribution in [0.15, 0.2) is 35.3 Å². The number of carbonyl (C=O) groups excluding carboxylic acids is 1. The maximum Gasteiger partial charge on any atom is 0.409 e. The van der Waals surface area contributed by atoms with Gasteiger partial charge >= 0.3 is 6.09 Å². The number of guanidine groups is 1. The summed E-state index contributed by atoms with van der Waals surface area (Å²) in [5.41, 5.74) is 1.25. The van der Waals surface area contributed by atoms with Gasteiger partial charge in [0.25, 0.3) is 0 Å². The Morgan fingerprint density at radius 2 is 1.81 bits per heavy atom. The number of hydrogen-bond acceptors (Lipinski definition) is 4. The minimum absolute atomic E-state index is 0.220. The number of carbonyl (C=O) groups is 1. The van der Waals surface area contributed by atoms with Crippen molar-refractivity contribution in [2.45, 2.75) is 19.8 Å². The molecule has 2 rings (SSSR count). The van der Waals surface area contributed by atoms with E-state index in [1.54, 1.807) is 4.90 Å². The first-order chi connectivity index (χ1) is 13.2. The highest BCUT2D eigenvalue weighted by molar-refractivity contribution is 5.80. The normalized spacial score (nSPS) is 14.9. The summed E-state index contributed by atoms with van der Waals surface area (Å²) in [6, 6.07) is 10.4. The minimum atomic E-state index is -0.220.